The number of methoxy groups -OCH3 is 2. The van der Waals surface area contributed by atoms with Crippen molar-refractivity contribution in [2.24, 2.45) is 4.99 Å². The Morgan fingerprint density at radius 3 is 2.41 bits per heavy atom. The number of guanidine groups is 1. The average Bonchev–Trinajstić information content (AvgIpc) is 2.84. The normalized spacial score (nSPS) is 15.4. The molecule has 2 aromatic rings. The van der Waals surface area contributed by atoms with E-state index < -0.39 is 0 Å². The molecule has 1 atom stereocenters. The highest BCUT2D eigenvalue weighted by atomic mass is 127. The minimum Gasteiger partial charge on any atom is -0.493 e. The van der Waals surface area contributed by atoms with Gasteiger partial charge in [0, 0.05) is 33.2 Å². The predicted octanol–water partition coefficient (Wildman–Crippen LogP) is 3.10. The van der Waals surface area contributed by atoms with Crippen LogP contribution in [0.5, 0.6) is 11.5 Å². The average molecular weight is 554 g/mol. The van der Waals surface area contributed by atoms with Gasteiger partial charge in [0.1, 0.15) is 0 Å². The zero-order valence-electron chi connectivity index (χ0n) is 19.2. The van der Waals surface area contributed by atoms with Crippen molar-refractivity contribution in [3.05, 3.63) is 59.7 Å². The van der Waals surface area contributed by atoms with Gasteiger partial charge >= 0.3 is 0 Å². The molecule has 2 aromatic carbocycles. The van der Waals surface area contributed by atoms with Crippen molar-refractivity contribution in [1.82, 2.24) is 15.5 Å². The Kier molecular flexibility index (Phi) is 11.6. The number of aliphatic imine (C=N–C) groups is 1. The molecule has 1 aliphatic heterocycles. The van der Waals surface area contributed by atoms with Crippen molar-refractivity contribution < 1.29 is 14.2 Å². The van der Waals surface area contributed by atoms with Crippen LogP contribution < -0.4 is 20.1 Å². The van der Waals surface area contributed by atoms with E-state index in [-0.39, 0.29) is 30.0 Å². The number of rotatable bonds is 9. The van der Waals surface area contributed by atoms with E-state index >= 15 is 0 Å². The van der Waals surface area contributed by atoms with E-state index in [1.807, 2.05) is 12.1 Å². The van der Waals surface area contributed by atoms with E-state index in [0.717, 1.165) is 63.3 Å². The van der Waals surface area contributed by atoms with Crippen molar-refractivity contribution >= 4 is 29.9 Å². The number of benzene rings is 2. The lowest BCUT2D eigenvalue weighted by Gasteiger charge is -2.35. The van der Waals surface area contributed by atoms with E-state index in [2.05, 4.69) is 56.9 Å². The van der Waals surface area contributed by atoms with Gasteiger partial charge in [-0.2, -0.15) is 0 Å². The maximum atomic E-state index is 5.54. The molecule has 0 aromatic heterocycles. The Balaban J connectivity index is 0.00000363. The molecule has 1 saturated heterocycles. The van der Waals surface area contributed by atoms with Gasteiger partial charge in [0.15, 0.2) is 17.5 Å². The quantitative estimate of drug-likeness (QED) is 0.282. The topological polar surface area (TPSA) is 67.4 Å². The minimum absolute atomic E-state index is 0. The van der Waals surface area contributed by atoms with Crippen molar-refractivity contribution in [3.8, 4) is 11.5 Å². The fourth-order valence-corrected chi connectivity index (χ4v) is 3.80. The summed E-state index contributed by atoms with van der Waals surface area (Å²) in [7, 11) is 5.11. The third-order valence-corrected chi connectivity index (χ3v) is 5.51. The van der Waals surface area contributed by atoms with E-state index in [9.17, 15) is 0 Å². The largest absolute Gasteiger partial charge is 0.493 e. The molecule has 3 rings (SSSR count). The van der Waals surface area contributed by atoms with Crippen LogP contribution in [0.25, 0.3) is 0 Å². The Morgan fingerprint density at radius 1 is 1.03 bits per heavy atom. The zero-order chi connectivity index (χ0) is 21.9. The summed E-state index contributed by atoms with van der Waals surface area (Å²) >= 11 is 0. The molecule has 8 heteroatoms. The molecule has 0 radical (unpaired) electrons. The molecule has 176 valence electrons. The Morgan fingerprint density at radius 2 is 1.75 bits per heavy atom. The molecule has 2 N–H and O–H groups in total. The minimum atomic E-state index is 0. The summed E-state index contributed by atoms with van der Waals surface area (Å²) in [5.74, 6) is 2.29. The van der Waals surface area contributed by atoms with Crippen LogP contribution >= 0.6 is 24.0 Å². The molecule has 7 nitrogen and oxygen atoms in total. The number of ether oxygens (including phenoxy) is 3. The fraction of sp³-hybridized carbons (Fsp3) is 0.458. The van der Waals surface area contributed by atoms with E-state index in [4.69, 9.17) is 14.2 Å². The Hall–Kier alpha value is -2.04. The first-order valence-corrected chi connectivity index (χ1v) is 10.8. The summed E-state index contributed by atoms with van der Waals surface area (Å²) in [6, 6.07) is 16.9. The van der Waals surface area contributed by atoms with Crippen LogP contribution in [0.3, 0.4) is 0 Å². The van der Waals surface area contributed by atoms with Gasteiger partial charge in [0.2, 0.25) is 0 Å². The van der Waals surface area contributed by atoms with Crippen LogP contribution in [0, 0.1) is 0 Å². The van der Waals surface area contributed by atoms with E-state index in [0.29, 0.717) is 0 Å². The summed E-state index contributed by atoms with van der Waals surface area (Å²) in [4.78, 5) is 6.87. The number of hydrogen-bond acceptors (Lipinski definition) is 5. The summed E-state index contributed by atoms with van der Waals surface area (Å²) in [6.45, 7) is 4.98. The predicted molar refractivity (Wildman–Crippen MR) is 140 cm³/mol. The summed E-state index contributed by atoms with van der Waals surface area (Å²) < 4.78 is 16.2. The first kappa shape index (κ1) is 26.2. The zero-order valence-corrected chi connectivity index (χ0v) is 21.5. The SMILES string of the molecule is CN=C(NCCc1ccc(OC)c(OC)c1)NCC(c1ccccc1)N1CCOCC1.I. The van der Waals surface area contributed by atoms with E-state index in [1.165, 1.54) is 11.1 Å². The van der Waals surface area contributed by atoms with Crippen molar-refractivity contribution in [1.29, 1.82) is 0 Å². The van der Waals surface area contributed by atoms with Gasteiger partial charge in [-0.05, 0) is 29.7 Å². The molecule has 0 saturated carbocycles. The lowest BCUT2D eigenvalue weighted by molar-refractivity contribution is 0.0170. The second kappa shape index (κ2) is 14.2. The van der Waals surface area contributed by atoms with Crippen LogP contribution in [0.15, 0.2) is 53.5 Å². The van der Waals surface area contributed by atoms with E-state index in [1.54, 1.807) is 21.3 Å². The summed E-state index contributed by atoms with van der Waals surface area (Å²) in [5.41, 5.74) is 2.48. The third-order valence-electron chi connectivity index (χ3n) is 5.51. The van der Waals surface area contributed by atoms with Crippen molar-refractivity contribution in [3.63, 3.8) is 0 Å². The summed E-state index contributed by atoms with van der Waals surface area (Å²) in [6.07, 6.45) is 0.854. The Labute approximate surface area is 208 Å². The van der Waals surface area contributed by atoms with Crippen molar-refractivity contribution in [2.75, 3.05) is 60.7 Å². The molecule has 1 heterocycles. The van der Waals surface area contributed by atoms with Crippen LogP contribution in [-0.4, -0.2) is 71.5 Å². The number of halogens is 1. The van der Waals surface area contributed by atoms with Gasteiger partial charge in [-0.3, -0.25) is 9.89 Å². The molecule has 32 heavy (non-hydrogen) atoms. The number of nitrogens with zero attached hydrogens (tertiary/aromatic N) is 2. The molecule has 0 spiro atoms. The van der Waals surface area contributed by atoms with Gasteiger partial charge in [0.05, 0.1) is 33.5 Å². The Bertz CT molecular complexity index is 829. The lowest BCUT2D eigenvalue weighted by atomic mass is 10.0. The molecule has 0 bridgehead atoms. The van der Waals surface area contributed by atoms with Gasteiger partial charge in [-0.25, -0.2) is 0 Å². The number of hydrogen-bond donors (Lipinski definition) is 2. The molecular formula is C24H35IN4O3. The monoisotopic (exact) mass is 554 g/mol. The number of morpholine rings is 1. The van der Waals surface area contributed by atoms with Gasteiger partial charge in [0.25, 0.3) is 0 Å². The highest BCUT2D eigenvalue weighted by Gasteiger charge is 2.22. The second-order valence-electron chi connectivity index (χ2n) is 7.39. The molecule has 0 amide bonds. The molecule has 1 unspecified atom stereocenters. The first-order chi connectivity index (χ1) is 15.2. The third kappa shape index (κ3) is 7.53. The fourth-order valence-electron chi connectivity index (χ4n) is 3.80. The maximum absolute atomic E-state index is 5.54. The number of nitrogens with one attached hydrogen (secondary N) is 2. The lowest BCUT2D eigenvalue weighted by Crippen LogP contribution is -2.46. The summed E-state index contributed by atoms with van der Waals surface area (Å²) in [5, 5.41) is 6.92. The van der Waals surface area contributed by atoms with Crippen LogP contribution in [-0.2, 0) is 11.2 Å². The standard InChI is InChI=1S/C24H34N4O3.HI/c1-25-24(26-12-11-19-9-10-22(29-2)23(17-19)30-3)27-18-21(20-7-5-4-6-8-20)28-13-15-31-16-14-28;/h4-10,17,21H,11-16,18H2,1-3H3,(H2,25,26,27);1H. The van der Waals surface area contributed by atoms with Crippen LogP contribution in [0.2, 0.25) is 0 Å². The highest BCUT2D eigenvalue weighted by Crippen LogP contribution is 2.27. The van der Waals surface area contributed by atoms with Gasteiger partial charge in [-0.15, -0.1) is 24.0 Å². The van der Waals surface area contributed by atoms with Crippen LogP contribution in [0.4, 0.5) is 0 Å². The second-order valence-corrected chi connectivity index (χ2v) is 7.39. The highest BCUT2D eigenvalue weighted by molar-refractivity contribution is 14.0. The maximum Gasteiger partial charge on any atom is 0.191 e. The van der Waals surface area contributed by atoms with Gasteiger partial charge in [-0.1, -0.05) is 36.4 Å². The smallest absolute Gasteiger partial charge is 0.191 e. The van der Waals surface area contributed by atoms with Crippen molar-refractivity contribution in [2.45, 2.75) is 12.5 Å². The molecule has 0 aliphatic carbocycles. The van der Waals surface area contributed by atoms with Crippen LogP contribution in [0.1, 0.15) is 17.2 Å². The molecular weight excluding hydrogens is 519 g/mol. The first-order valence-electron chi connectivity index (χ1n) is 10.8. The molecule has 1 fully saturated rings. The van der Waals surface area contributed by atoms with Gasteiger partial charge < -0.3 is 24.8 Å². The molecule has 1 aliphatic rings.